The van der Waals surface area contributed by atoms with E-state index >= 15 is 0 Å². The number of morpholine rings is 1. The van der Waals surface area contributed by atoms with Crippen LogP contribution in [-0.4, -0.2) is 47.5 Å². The molecule has 1 unspecified atom stereocenters. The van der Waals surface area contributed by atoms with E-state index in [1.165, 1.54) is 5.69 Å². The number of nitrogens with zero attached hydrogens (tertiary/aromatic N) is 3. The van der Waals surface area contributed by atoms with Crippen LogP contribution in [0.1, 0.15) is 11.4 Å². The first kappa shape index (κ1) is 12.1. The highest BCUT2D eigenvalue weighted by atomic mass is 79.9. The first-order valence-electron chi connectivity index (χ1n) is 5.57. The number of likely N-dealkylation sites (N-methyl/N-ethyl adjacent to an activating group) is 1. The summed E-state index contributed by atoms with van der Waals surface area (Å²) in [5.41, 5.74) is 2.22. The average Bonchev–Trinajstić information content (AvgIpc) is 2.47. The van der Waals surface area contributed by atoms with Gasteiger partial charge in [0.15, 0.2) is 0 Å². The lowest BCUT2D eigenvalue weighted by atomic mass is 10.3. The molecule has 0 spiro atoms. The smallest absolute Gasteiger partial charge is 0.0898 e. The lowest BCUT2D eigenvalue weighted by Crippen LogP contribution is -2.42. The van der Waals surface area contributed by atoms with Crippen LogP contribution in [0.3, 0.4) is 0 Å². The highest BCUT2D eigenvalue weighted by Gasteiger charge is 2.20. The van der Waals surface area contributed by atoms with Gasteiger partial charge in [-0.3, -0.25) is 4.68 Å². The van der Waals surface area contributed by atoms with Gasteiger partial charge in [-0.05, 0) is 36.8 Å². The zero-order valence-electron chi connectivity index (χ0n) is 10.0. The summed E-state index contributed by atoms with van der Waals surface area (Å²) in [7, 11) is 2.13. The molecular weight excluding hydrogens is 270 g/mol. The monoisotopic (exact) mass is 287 g/mol. The van der Waals surface area contributed by atoms with Crippen LogP contribution >= 0.6 is 15.9 Å². The highest BCUT2D eigenvalue weighted by molar-refractivity contribution is 9.10. The van der Waals surface area contributed by atoms with Gasteiger partial charge in [-0.1, -0.05) is 0 Å². The molecule has 1 fully saturated rings. The summed E-state index contributed by atoms with van der Waals surface area (Å²) in [6.45, 7) is 7.76. The minimum atomic E-state index is 0.253. The fourth-order valence-corrected chi connectivity index (χ4v) is 2.31. The molecule has 2 rings (SSSR count). The van der Waals surface area contributed by atoms with Crippen molar-refractivity contribution in [2.75, 3.05) is 26.7 Å². The van der Waals surface area contributed by atoms with Crippen LogP contribution in [-0.2, 0) is 11.3 Å². The predicted molar refractivity (Wildman–Crippen MR) is 66.6 cm³/mol. The van der Waals surface area contributed by atoms with Crippen molar-refractivity contribution in [1.29, 1.82) is 0 Å². The first-order valence-corrected chi connectivity index (χ1v) is 6.37. The Balaban J connectivity index is 2.05. The fraction of sp³-hybridized carbons (Fsp3) is 0.727. The summed E-state index contributed by atoms with van der Waals surface area (Å²) in [6.07, 6.45) is 0.253. The molecule has 1 aliphatic heterocycles. The Morgan fingerprint density at radius 3 is 2.81 bits per heavy atom. The Labute approximate surface area is 105 Å². The predicted octanol–water partition coefficient (Wildman–Crippen LogP) is 1.59. The molecule has 0 aromatic carbocycles. The maximum Gasteiger partial charge on any atom is 0.0898 e. The normalized spacial score (nSPS) is 22.6. The second kappa shape index (κ2) is 4.85. The Bertz CT molecular complexity index is 378. The molecule has 0 saturated carbocycles. The van der Waals surface area contributed by atoms with Gasteiger partial charge in [-0.2, -0.15) is 5.10 Å². The molecule has 1 aliphatic rings. The number of rotatable bonds is 2. The van der Waals surface area contributed by atoms with Gasteiger partial charge in [0.2, 0.25) is 0 Å². The van der Waals surface area contributed by atoms with Gasteiger partial charge in [0, 0.05) is 18.8 Å². The molecule has 0 radical (unpaired) electrons. The van der Waals surface area contributed by atoms with Gasteiger partial charge in [0.25, 0.3) is 0 Å². The highest BCUT2D eigenvalue weighted by Crippen LogP contribution is 2.20. The summed E-state index contributed by atoms with van der Waals surface area (Å²) in [5.74, 6) is 0. The molecule has 0 amide bonds. The van der Waals surface area contributed by atoms with Crippen molar-refractivity contribution in [2.24, 2.45) is 0 Å². The van der Waals surface area contributed by atoms with E-state index in [-0.39, 0.29) is 6.10 Å². The molecule has 4 nitrogen and oxygen atoms in total. The Hall–Kier alpha value is -0.390. The van der Waals surface area contributed by atoms with E-state index in [0.717, 1.165) is 36.4 Å². The fourth-order valence-electron chi connectivity index (χ4n) is 2.02. The number of ether oxygens (including phenoxy) is 1. The first-order chi connectivity index (χ1) is 7.58. The molecular formula is C11H18BrN3O. The van der Waals surface area contributed by atoms with E-state index in [1.807, 2.05) is 11.6 Å². The van der Waals surface area contributed by atoms with E-state index in [4.69, 9.17) is 4.74 Å². The van der Waals surface area contributed by atoms with Gasteiger partial charge in [-0.15, -0.1) is 0 Å². The molecule has 16 heavy (non-hydrogen) atoms. The van der Waals surface area contributed by atoms with Crippen LogP contribution in [0, 0.1) is 13.8 Å². The zero-order valence-corrected chi connectivity index (χ0v) is 11.6. The van der Waals surface area contributed by atoms with Crippen LogP contribution in [0.4, 0.5) is 0 Å². The third-order valence-corrected chi connectivity index (χ3v) is 4.16. The largest absolute Gasteiger partial charge is 0.374 e. The lowest BCUT2D eigenvalue weighted by molar-refractivity contribution is -0.0293. The quantitative estimate of drug-likeness (QED) is 0.828. The summed E-state index contributed by atoms with van der Waals surface area (Å²) in [4.78, 5) is 2.30. The second-order valence-corrected chi connectivity index (χ2v) is 5.21. The third-order valence-electron chi connectivity index (χ3n) is 3.01. The number of aromatic nitrogens is 2. The van der Waals surface area contributed by atoms with E-state index in [2.05, 4.69) is 39.9 Å². The van der Waals surface area contributed by atoms with E-state index in [9.17, 15) is 0 Å². The molecule has 5 heteroatoms. The van der Waals surface area contributed by atoms with E-state index in [1.54, 1.807) is 0 Å². The lowest BCUT2D eigenvalue weighted by Gasteiger charge is -2.30. The molecule has 90 valence electrons. The molecule has 1 aromatic rings. The van der Waals surface area contributed by atoms with Gasteiger partial charge in [0.05, 0.1) is 29.4 Å². The third kappa shape index (κ3) is 2.47. The second-order valence-electron chi connectivity index (χ2n) is 4.42. The van der Waals surface area contributed by atoms with Gasteiger partial charge < -0.3 is 9.64 Å². The zero-order chi connectivity index (χ0) is 11.7. The van der Waals surface area contributed by atoms with Crippen molar-refractivity contribution in [3.05, 3.63) is 15.9 Å². The molecule has 1 aromatic heterocycles. The number of halogens is 1. The van der Waals surface area contributed by atoms with Crippen molar-refractivity contribution < 1.29 is 4.74 Å². The van der Waals surface area contributed by atoms with Crippen molar-refractivity contribution in [3.63, 3.8) is 0 Å². The molecule has 0 N–H and O–H groups in total. The summed E-state index contributed by atoms with van der Waals surface area (Å²) in [6, 6.07) is 0. The standard InChI is InChI=1S/C11H18BrN3O/c1-8-11(12)9(2)15(13-8)7-10-6-14(3)4-5-16-10/h10H,4-7H2,1-3H3. The Morgan fingerprint density at radius 2 is 2.25 bits per heavy atom. The van der Waals surface area contributed by atoms with Gasteiger partial charge >= 0.3 is 0 Å². The van der Waals surface area contributed by atoms with Gasteiger partial charge in [0.1, 0.15) is 0 Å². The average molecular weight is 288 g/mol. The summed E-state index contributed by atoms with van der Waals surface area (Å²) in [5, 5.41) is 4.50. The van der Waals surface area contributed by atoms with Crippen molar-refractivity contribution in [3.8, 4) is 0 Å². The van der Waals surface area contributed by atoms with E-state index in [0.29, 0.717) is 0 Å². The van der Waals surface area contributed by atoms with Crippen LogP contribution in [0.2, 0.25) is 0 Å². The number of aryl methyl sites for hydroxylation is 1. The van der Waals surface area contributed by atoms with Gasteiger partial charge in [-0.25, -0.2) is 0 Å². The number of hydrogen-bond acceptors (Lipinski definition) is 3. The Morgan fingerprint density at radius 1 is 1.50 bits per heavy atom. The maximum absolute atomic E-state index is 5.74. The minimum Gasteiger partial charge on any atom is -0.374 e. The number of hydrogen-bond donors (Lipinski definition) is 0. The molecule has 0 bridgehead atoms. The van der Waals surface area contributed by atoms with Crippen LogP contribution in [0.25, 0.3) is 0 Å². The van der Waals surface area contributed by atoms with Crippen LogP contribution in [0.15, 0.2) is 4.47 Å². The summed E-state index contributed by atoms with van der Waals surface area (Å²) >= 11 is 3.54. The van der Waals surface area contributed by atoms with E-state index < -0.39 is 0 Å². The SMILES string of the molecule is Cc1nn(CC2CN(C)CCO2)c(C)c1Br. The Kier molecular flexibility index (Phi) is 3.66. The summed E-state index contributed by atoms with van der Waals surface area (Å²) < 4.78 is 8.88. The van der Waals surface area contributed by atoms with Crippen molar-refractivity contribution in [1.82, 2.24) is 14.7 Å². The van der Waals surface area contributed by atoms with Crippen LogP contribution < -0.4 is 0 Å². The maximum atomic E-state index is 5.74. The molecule has 1 saturated heterocycles. The molecule has 2 heterocycles. The van der Waals surface area contributed by atoms with Crippen molar-refractivity contribution in [2.45, 2.75) is 26.5 Å². The van der Waals surface area contributed by atoms with Crippen molar-refractivity contribution >= 4 is 15.9 Å². The minimum absolute atomic E-state index is 0.253. The van der Waals surface area contributed by atoms with Crippen LogP contribution in [0.5, 0.6) is 0 Å². The molecule has 1 atom stereocenters. The topological polar surface area (TPSA) is 30.3 Å². The molecule has 0 aliphatic carbocycles.